The van der Waals surface area contributed by atoms with Crippen molar-refractivity contribution in [1.82, 2.24) is 9.62 Å². The number of nitrogens with zero attached hydrogens (tertiary/aromatic N) is 2. The molecule has 7 nitrogen and oxygen atoms in total. The number of para-hydroxylation sites is 2. The molecule has 9 heteroatoms. The largest absolute Gasteiger partial charge is 0.366 e. The third-order valence-electron chi connectivity index (χ3n) is 4.78. The summed E-state index contributed by atoms with van der Waals surface area (Å²) in [5.41, 5.74) is 0.912. The van der Waals surface area contributed by atoms with Gasteiger partial charge in [0.05, 0.1) is 11.4 Å². The summed E-state index contributed by atoms with van der Waals surface area (Å²) in [6.07, 6.45) is -1.05. The van der Waals surface area contributed by atoms with E-state index in [-0.39, 0.29) is 16.6 Å². The molecule has 142 valence electrons. The van der Waals surface area contributed by atoms with Crippen LogP contribution in [0, 0.1) is 5.82 Å². The van der Waals surface area contributed by atoms with Crippen LogP contribution < -0.4 is 14.9 Å². The Kier molecular flexibility index (Phi) is 4.48. The van der Waals surface area contributed by atoms with Crippen molar-refractivity contribution in [3.05, 3.63) is 54.3 Å². The highest BCUT2D eigenvalue weighted by atomic mass is 32.2. The first kappa shape index (κ1) is 17.7. The number of hydrogen-bond donors (Lipinski definition) is 2. The van der Waals surface area contributed by atoms with Crippen molar-refractivity contribution >= 4 is 27.3 Å². The van der Waals surface area contributed by atoms with Gasteiger partial charge in [0.2, 0.25) is 10.0 Å². The summed E-state index contributed by atoms with van der Waals surface area (Å²) in [4.78, 5) is 16.4. The fourth-order valence-corrected chi connectivity index (χ4v) is 4.67. The van der Waals surface area contributed by atoms with Gasteiger partial charge in [-0.05, 0) is 24.3 Å². The molecule has 0 saturated carbocycles. The molecule has 2 heterocycles. The number of anilines is 2. The highest BCUT2D eigenvalue weighted by Crippen LogP contribution is 2.26. The van der Waals surface area contributed by atoms with E-state index in [0.29, 0.717) is 37.6 Å². The third-order valence-corrected chi connectivity index (χ3v) is 6.26. The zero-order valence-corrected chi connectivity index (χ0v) is 15.2. The Labute approximate surface area is 156 Å². The molecular formula is C18H19FN4O3S. The van der Waals surface area contributed by atoms with E-state index in [1.807, 2.05) is 4.90 Å². The van der Waals surface area contributed by atoms with Gasteiger partial charge in [0, 0.05) is 26.2 Å². The molecule has 2 aliphatic rings. The van der Waals surface area contributed by atoms with Crippen LogP contribution in [0.5, 0.6) is 0 Å². The molecule has 0 radical (unpaired) electrons. The highest BCUT2D eigenvalue weighted by molar-refractivity contribution is 7.89. The van der Waals surface area contributed by atoms with Crippen molar-refractivity contribution in [3.8, 4) is 0 Å². The third kappa shape index (κ3) is 3.35. The molecule has 0 spiro atoms. The Balaban J connectivity index is 1.45. The van der Waals surface area contributed by atoms with Crippen LogP contribution in [0.4, 0.5) is 15.8 Å². The van der Waals surface area contributed by atoms with E-state index in [0.717, 1.165) is 0 Å². The minimum absolute atomic E-state index is 0.124. The molecule has 4 rings (SSSR count). The number of benzene rings is 2. The normalized spacial score (nSPS) is 21.3. The molecule has 2 aromatic carbocycles. The van der Waals surface area contributed by atoms with Gasteiger partial charge in [-0.3, -0.25) is 4.79 Å². The summed E-state index contributed by atoms with van der Waals surface area (Å²) < 4.78 is 41.1. The summed E-state index contributed by atoms with van der Waals surface area (Å²) in [5, 5.41) is 2.95. The second-order valence-corrected chi connectivity index (χ2v) is 8.14. The number of piperazine rings is 1. The van der Waals surface area contributed by atoms with Crippen LogP contribution in [0.25, 0.3) is 0 Å². The SMILES string of the molecule is O=C([C@H]1Nc2ccccc2S(=O)(=O)N1)N1CCN(c2ccccc2F)CC1. The molecule has 1 atom stereocenters. The summed E-state index contributed by atoms with van der Waals surface area (Å²) in [7, 11) is -3.75. The highest BCUT2D eigenvalue weighted by Gasteiger charge is 2.36. The number of halogens is 1. The molecule has 2 N–H and O–H groups in total. The van der Waals surface area contributed by atoms with Gasteiger partial charge in [-0.25, -0.2) is 12.8 Å². The maximum Gasteiger partial charge on any atom is 0.261 e. The summed E-state index contributed by atoms with van der Waals surface area (Å²) in [6.45, 7) is 1.72. The van der Waals surface area contributed by atoms with Crippen molar-refractivity contribution in [1.29, 1.82) is 0 Å². The minimum Gasteiger partial charge on any atom is -0.366 e. The lowest BCUT2D eigenvalue weighted by Gasteiger charge is -2.38. The summed E-state index contributed by atoms with van der Waals surface area (Å²) >= 11 is 0. The number of carbonyl (C=O) groups is 1. The van der Waals surface area contributed by atoms with Crippen molar-refractivity contribution in [2.75, 3.05) is 36.4 Å². The van der Waals surface area contributed by atoms with E-state index in [4.69, 9.17) is 0 Å². The quantitative estimate of drug-likeness (QED) is 0.806. The number of sulfonamides is 1. The van der Waals surface area contributed by atoms with Crippen LogP contribution in [-0.4, -0.2) is 51.6 Å². The monoisotopic (exact) mass is 390 g/mol. The van der Waals surface area contributed by atoms with Crippen LogP contribution in [0.15, 0.2) is 53.4 Å². The van der Waals surface area contributed by atoms with E-state index in [2.05, 4.69) is 10.0 Å². The van der Waals surface area contributed by atoms with Crippen LogP contribution in [-0.2, 0) is 14.8 Å². The van der Waals surface area contributed by atoms with Crippen LogP contribution in [0.3, 0.4) is 0 Å². The molecule has 0 unspecified atom stereocenters. The molecule has 0 bridgehead atoms. The Hall–Kier alpha value is -2.65. The van der Waals surface area contributed by atoms with Gasteiger partial charge < -0.3 is 15.1 Å². The van der Waals surface area contributed by atoms with Gasteiger partial charge in [-0.15, -0.1) is 0 Å². The maximum atomic E-state index is 13.9. The lowest BCUT2D eigenvalue weighted by molar-refractivity contribution is -0.132. The number of rotatable bonds is 2. The Bertz CT molecular complexity index is 974. The lowest BCUT2D eigenvalue weighted by Crippen LogP contribution is -2.58. The van der Waals surface area contributed by atoms with E-state index < -0.39 is 16.2 Å². The average molecular weight is 390 g/mol. The maximum absolute atomic E-state index is 13.9. The topological polar surface area (TPSA) is 81.7 Å². The first-order chi connectivity index (χ1) is 13.0. The van der Waals surface area contributed by atoms with E-state index >= 15 is 0 Å². The van der Waals surface area contributed by atoms with Gasteiger partial charge in [-0.1, -0.05) is 24.3 Å². The fourth-order valence-electron chi connectivity index (χ4n) is 3.39. The van der Waals surface area contributed by atoms with Crippen molar-refractivity contribution in [2.24, 2.45) is 0 Å². The van der Waals surface area contributed by atoms with Gasteiger partial charge in [-0.2, -0.15) is 4.72 Å². The van der Waals surface area contributed by atoms with Gasteiger partial charge in [0.15, 0.2) is 6.17 Å². The molecule has 0 aliphatic carbocycles. The fraction of sp³-hybridized carbons (Fsp3) is 0.278. The molecular weight excluding hydrogens is 371 g/mol. The summed E-state index contributed by atoms with van der Waals surface area (Å²) in [6, 6.07) is 13.0. The Morgan fingerprint density at radius 2 is 1.67 bits per heavy atom. The zero-order valence-electron chi connectivity index (χ0n) is 14.4. The van der Waals surface area contributed by atoms with Crippen molar-refractivity contribution in [2.45, 2.75) is 11.1 Å². The first-order valence-electron chi connectivity index (χ1n) is 8.62. The van der Waals surface area contributed by atoms with E-state index in [1.54, 1.807) is 41.3 Å². The van der Waals surface area contributed by atoms with E-state index in [9.17, 15) is 17.6 Å². The molecule has 1 saturated heterocycles. The molecule has 1 amide bonds. The number of carbonyl (C=O) groups excluding carboxylic acids is 1. The van der Waals surface area contributed by atoms with Crippen LogP contribution >= 0.6 is 0 Å². The van der Waals surface area contributed by atoms with Crippen LogP contribution in [0.1, 0.15) is 0 Å². The zero-order chi connectivity index (χ0) is 19.0. The van der Waals surface area contributed by atoms with Gasteiger partial charge >= 0.3 is 0 Å². The predicted molar refractivity (Wildman–Crippen MR) is 99.4 cm³/mol. The Morgan fingerprint density at radius 3 is 2.41 bits per heavy atom. The number of hydrogen-bond acceptors (Lipinski definition) is 5. The average Bonchev–Trinajstić information content (AvgIpc) is 2.67. The molecule has 2 aliphatic heterocycles. The van der Waals surface area contributed by atoms with Crippen molar-refractivity contribution < 1.29 is 17.6 Å². The minimum atomic E-state index is -3.75. The number of amides is 1. The lowest BCUT2D eigenvalue weighted by atomic mass is 10.2. The molecule has 0 aromatic heterocycles. The molecule has 1 fully saturated rings. The molecule has 2 aromatic rings. The molecule has 27 heavy (non-hydrogen) atoms. The van der Waals surface area contributed by atoms with Crippen LogP contribution in [0.2, 0.25) is 0 Å². The summed E-state index contributed by atoms with van der Waals surface area (Å²) in [5.74, 6) is -0.642. The van der Waals surface area contributed by atoms with E-state index in [1.165, 1.54) is 12.1 Å². The second kappa shape index (κ2) is 6.82. The standard InChI is InChI=1S/C18H19FN4O3S/c19-13-5-1-3-7-15(13)22-9-11-23(12-10-22)18(24)17-20-14-6-2-4-8-16(14)27(25,26)21-17/h1-8,17,20-21H,9-12H2/t17-/m0/s1. The van der Waals surface area contributed by atoms with Gasteiger partial charge in [0.25, 0.3) is 5.91 Å². The number of nitrogens with one attached hydrogen (secondary N) is 2. The Morgan fingerprint density at radius 1 is 1.00 bits per heavy atom. The first-order valence-corrected chi connectivity index (χ1v) is 10.1. The smallest absolute Gasteiger partial charge is 0.261 e. The number of fused-ring (bicyclic) bond motifs is 1. The van der Waals surface area contributed by atoms with Crippen molar-refractivity contribution in [3.63, 3.8) is 0 Å². The van der Waals surface area contributed by atoms with Gasteiger partial charge in [0.1, 0.15) is 10.7 Å². The predicted octanol–water partition coefficient (Wildman–Crippen LogP) is 1.20. The second-order valence-electron chi connectivity index (χ2n) is 6.46.